The van der Waals surface area contributed by atoms with E-state index in [2.05, 4.69) is 18.5 Å². The van der Waals surface area contributed by atoms with E-state index >= 15 is 0 Å². The number of aromatic amines is 1. The molecule has 0 unspecified atom stereocenters. The second-order valence-corrected chi connectivity index (χ2v) is 7.42. The molecule has 5 heteroatoms. The third-order valence-electron chi connectivity index (χ3n) is 5.59. The van der Waals surface area contributed by atoms with Crippen LogP contribution in [0.15, 0.2) is 48.5 Å². The van der Waals surface area contributed by atoms with E-state index in [1.807, 2.05) is 68.5 Å². The number of nitrogens with zero attached hydrogens (tertiary/aromatic N) is 1. The molecule has 0 radical (unpaired) electrons. The Kier molecular flexibility index (Phi) is 4.91. The fourth-order valence-corrected chi connectivity index (χ4v) is 4.21. The molecule has 0 aliphatic rings. The first-order valence-corrected chi connectivity index (χ1v) is 9.78. The van der Waals surface area contributed by atoms with Crippen molar-refractivity contribution in [1.29, 1.82) is 0 Å². The van der Waals surface area contributed by atoms with E-state index in [0.717, 1.165) is 54.6 Å². The third kappa shape index (κ3) is 3.21. The molecule has 0 amide bonds. The Labute approximate surface area is 169 Å². The summed E-state index contributed by atoms with van der Waals surface area (Å²) in [4.78, 5) is 3.28. The zero-order chi connectivity index (χ0) is 20.7. The average Bonchev–Trinajstić information content (AvgIpc) is 3.16. The fourth-order valence-electron chi connectivity index (χ4n) is 4.21. The number of aryl methyl sites for hydroxylation is 1. The molecule has 2 aromatic carbocycles. The molecule has 4 rings (SSSR count). The molecule has 2 aromatic heterocycles. The van der Waals surface area contributed by atoms with Gasteiger partial charge in [-0.15, -0.1) is 0 Å². The zero-order valence-corrected chi connectivity index (χ0v) is 16.9. The molecule has 0 aliphatic carbocycles. The van der Waals surface area contributed by atoms with Crippen molar-refractivity contribution < 1.29 is 8.63 Å². The van der Waals surface area contributed by atoms with Crippen LogP contribution in [-0.2, 0) is 6.42 Å². The summed E-state index contributed by atoms with van der Waals surface area (Å²) in [5.41, 5.74) is 5.06. The van der Waals surface area contributed by atoms with Gasteiger partial charge >= 0.3 is 7.40 Å². The van der Waals surface area contributed by atoms with Crippen LogP contribution in [0.25, 0.3) is 34.7 Å². The average molecular weight is 388 g/mol. The lowest BCUT2D eigenvalue weighted by molar-refractivity contribution is 0.631. The normalized spacial score (nSPS) is 12.1. The standard InChI is InChI=1S/C24H23BF2N2/c1-5-19-16(3)22(28-17(19)4)14-23-20-11-6-7-12-21(20)24(29(23)25(26)27)18-10-8-9-15(2)13-18/h6-14,28H,4-5H2,1-3H3/b22-14-. The predicted molar refractivity (Wildman–Crippen MR) is 119 cm³/mol. The van der Waals surface area contributed by atoms with Gasteiger partial charge in [-0.25, -0.2) is 0 Å². The van der Waals surface area contributed by atoms with Gasteiger partial charge in [0, 0.05) is 32.9 Å². The minimum Gasteiger partial charge on any atom is -0.355 e. The zero-order valence-electron chi connectivity index (χ0n) is 16.9. The maximum atomic E-state index is 14.4. The summed E-state index contributed by atoms with van der Waals surface area (Å²) < 4.78 is 29.9. The van der Waals surface area contributed by atoms with Crippen LogP contribution < -0.4 is 10.7 Å². The van der Waals surface area contributed by atoms with Gasteiger partial charge in [0.1, 0.15) is 0 Å². The first-order chi connectivity index (χ1) is 13.9. The summed E-state index contributed by atoms with van der Waals surface area (Å²) in [5, 5.41) is 3.30. The molecular formula is C24H23BF2N2. The van der Waals surface area contributed by atoms with E-state index < -0.39 is 7.40 Å². The molecule has 0 saturated heterocycles. The Morgan fingerprint density at radius 2 is 1.79 bits per heavy atom. The van der Waals surface area contributed by atoms with Crippen LogP contribution in [0.2, 0.25) is 0 Å². The lowest BCUT2D eigenvalue weighted by atomic mass is 10.0. The van der Waals surface area contributed by atoms with Gasteiger partial charge in [-0.1, -0.05) is 61.5 Å². The molecule has 0 atom stereocenters. The van der Waals surface area contributed by atoms with E-state index in [4.69, 9.17) is 0 Å². The molecule has 1 N–H and O–H groups in total. The van der Waals surface area contributed by atoms with E-state index in [0.29, 0.717) is 11.4 Å². The van der Waals surface area contributed by atoms with Crippen molar-refractivity contribution in [2.24, 2.45) is 0 Å². The Balaban J connectivity index is 2.12. The molecule has 0 aliphatic heterocycles. The highest BCUT2D eigenvalue weighted by Crippen LogP contribution is 2.35. The van der Waals surface area contributed by atoms with Crippen molar-refractivity contribution >= 4 is 30.8 Å². The highest BCUT2D eigenvalue weighted by atomic mass is 19.2. The SMILES string of the molecule is C=c1[nH]/c(=C\c2c3ccccc3c(-c3cccc(C)c3)n2B(F)F)c(C)c1CC. The third-order valence-corrected chi connectivity index (χ3v) is 5.59. The number of rotatable bonds is 4. The number of halogens is 2. The smallest absolute Gasteiger partial charge is 0.355 e. The number of H-pyrrole nitrogens is 1. The number of hydrogen-bond donors (Lipinski definition) is 1. The van der Waals surface area contributed by atoms with Gasteiger partial charge in [0.25, 0.3) is 0 Å². The van der Waals surface area contributed by atoms with Gasteiger partial charge in [-0.05, 0) is 49.1 Å². The Morgan fingerprint density at radius 1 is 1.07 bits per heavy atom. The molecule has 0 saturated carbocycles. The van der Waals surface area contributed by atoms with Gasteiger partial charge in [-0.2, -0.15) is 0 Å². The second-order valence-electron chi connectivity index (χ2n) is 7.42. The minimum absolute atomic E-state index is 0.499. The van der Waals surface area contributed by atoms with Crippen LogP contribution >= 0.6 is 0 Å². The van der Waals surface area contributed by atoms with Crippen LogP contribution in [-0.4, -0.2) is 16.9 Å². The van der Waals surface area contributed by atoms with Crippen LogP contribution in [0, 0.1) is 13.8 Å². The van der Waals surface area contributed by atoms with E-state index in [-0.39, 0.29) is 0 Å². The number of aromatic nitrogens is 2. The number of nitrogens with one attached hydrogen (secondary N) is 1. The van der Waals surface area contributed by atoms with Crippen molar-refractivity contribution in [3.63, 3.8) is 0 Å². The molecule has 0 spiro atoms. The van der Waals surface area contributed by atoms with Crippen molar-refractivity contribution in [3.05, 3.63) is 81.6 Å². The Bertz CT molecular complexity index is 1310. The first-order valence-electron chi connectivity index (χ1n) is 9.78. The number of benzene rings is 2. The van der Waals surface area contributed by atoms with E-state index in [1.54, 1.807) is 0 Å². The van der Waals surface area contributed by atoms with Crippen molar-refractivity contribution in [1.82, 2.24) is 9.46 Å². The maximum Gasteiger partial charge on any atom is 0.678 e. The second kappa shape index (κ2) is 7.39. The first kappa shape index (κ1) is 19.3. The molecule has 2 nitrogen and oxygen atoms in total. The minimum atomic E-state index is -2.66. The van der Waals surface area contributed by atoms with Crippen molar-refractivity contribution in [2.75, 3.05) is 0 Å². The maximum absolute atomic E-state index is 14.4. The summed E-state index contributed by atoms with van der Waals surface area (Å²) in [6, 6.07) is 15.3. The quantitative estimate of drug-likeness (QED) is 0.484. The van der Waals surface area contributed by atoms with Crippen molar-refractivity contribution in [2.45, 2.75) is 27.2 Å². The molecule has 2 heterocycles. The fraction of sp³-hybridized carbons (Fsp3) is 0.167. The molecule has 29 heavy (non-hydrogen) atoms. The van der Waals surface area contributed by atoms with Gasteiger partial charge < -0.3 is 9.46 Å². The molecule has 146 valence electrons. The predicted octanol–water partition coefficient (Wildman–Crippen LogP) is 4.83. The summed E-state index contributed by atoms with van der Waals surface area (Å²) in [6.07, 6.45) is 2.68. The number of fused-ring (bicyclic) bond motifs is 1. The summed E-state index contributed by atoms with van der Waals surface area (Å²) in [7, 11) is -2.66. The largest absolute Gasteiger partial charge is 0.678 e. The molecule has 0 fully saturated rings. The lowest BCUT2D eigenvalue weighted by Gasteiger charge is -2.10. The van der Waals surface area contributed by atoms with E-state index in [1.165, 1.54) is 0 Å². The Morgan fingerprint density at radius 3 is 2.41 bits per heavy atom. The Hall–Kier alpha value is -3.08. The lowest BCUT2D eigenvalue weighted by Crippen LogP contribution is -2.18. The molecular weight excluding hydrogens is 365 g/mol. The van der Waals surface area contributed by atoms with E-state index in [9.17, 15) is 8.63 Å². The van der Waals surface area contributed by atoms with Crippen LogP contribution in [0.1, 0.15) is 29.3 Å². The summed E-state index contributed by atoms with van der Waals surface area (Å²) >= 11 is 0. The van der Waals surface area contributed by atoms with Gasteiger partial charge in [0.15, 0.2) is 0 Å². The van der Waals surface area contributed by atoms with Crippen LogP contribution in [0.3, 0.4) is 0 Å². The summed E-state index contributed by atoms with van der Waals surface area (Å²) in [6.45, 7) is 10.1. The van der Waals surface area contributed by atoms with Crippen molar-refractivity contribution in [3.8, 4) is 11.3 Å². The topological polar surface area (TPSA) is 20.7 Å². The van der Waals surface area contributed by atoms with Gasteiger partial charge in [-0.3, -0.25) is 8.63 Å². The summed E-state index contributed by atoms with van der Waals surface area (Å²) in [5.74, 6) is 0. The highest BCUT2D eigenvalue weighted by molar-refractivity contribution is 6.43. The van der Waals surface area contributed by atoms with Crippen LogP contribution in [0.4, 0.5) is 8.63 Å². The number of hydrogen-bond acceptors (Lipinski definition) is 0. The van der Waals surface area contributed by atoms with Gasteiger partial charge in [0.05, 0.1) is 0 Å². The molecule has 0 bridgehead atoms. The molecule has 4 aromatic rings. The monoisotopic (exact) mass is 388 g/mol. The van der Waals surface area contributed by atoms with Gasteiger partial charge in [0.2, 0.25) is 0 Å². The highest BCUT2D eigenvalue weighted by Gasteiger charge is 2.27. The van der Waals surface area contributed by atoms with Crippen LogP contribution in [0.5, 0.6) is 0 Å².